The normalized spacial score (nSPS) is 9.13. The van der Waals surface area contributed by atoms with Crippen molar-refractivity contribution in [2.24, 2.45) is 0 Å². The van der Waals surface area contributed by atoms with Crippen molar-refractivity contribution in [3.8, 4) is 0 Å². The van der Waals surface area contributed by atoms with Crippen LogP contribution in [-0.4, -0.2) is 12.8 Å². The van der Waals surface area contributed by atoms with Gasteiger partial charge in [-0.3, -0.25) is 4.72 Å². The van der Waals surface area contributed by atoms with Gasteiger partial charge in [0.15, 0.2) is 0 Å². The van der Waals surface area contributed by atoms with Crippen LogP contribution in [0.4, 0.5) is 5.69 Å². The number of nitrogens with zero attached hydrogens (tertiary/aromatic N) is 1. The highest BCUT2D eigenvalue weighted by molar-refractivity contribution is 7.73. The van der Waals surface area contributed by atoms with Gasteiger partial charge in [-0.25, -0.2) is 12.8 Å². The van der Waals surface area contributed by atoms with Gasteiger partial charge in [0.1, 0.15) is 0 Å². The summed E-state index contributed by atoms with van der Waals surface area (Å²) in [5.41, 5.74) is 0.596. The Hall–Kier alpha value is -1.40. The van der Waals surface area contributed by atoms with Gasteiger partial charge >= 0.3 is 0 Å². The van der Waals surface area contributed by atoms with E-state index in [-0.39, 0.29) is 0 Å². The molecule has 0 unspecified atom stereocenters. The molecule has 0 aliphatic rings. The predicted octanol–water partition coefficient (Wildman–Crippen LogP) is 1.77. The molecule has 0 aliphatic heterocycles. The summed E-state index contributed by atoms with van der Waals surface area (Å²) >= 11 is 1.46. The Balaban J connectivity index is 0.000000187. The van der Waals surface area contributed by atoms with Crippen molar-refractivity contribution in [1.29, 1.82) is 0 Å². The van der Waals surface area contributed by atoms with E-state index >= 15 is 0 Å². The summed E-state index contributed by atoms with van der Waals surface area (Å²) in [5, 5.41) is 1.93. The molecule has 0 fully saturated rings. The Morgan fingerprint density at radius 1 is 1.13 bits per heavy atom. The van der Waals surface area contributed by atoms with Crippen molar-refractivity contribution >= 4 is 28.1 Å². The van der Waals surface area contributed by atoms with Gasteiger partial charge in [-0.15, -0.1) is 0 Å². The molecule has 0 bridgehead atoms. The van der Waals surface area contributed by atoms with Gasteiger partial charge < -0.3 is 0 Å². The third kappa shape index (κ3) is 5.82. The number of rotatable bonds is 2. The maximum atomic E-state index is 10.1. The highest BCUT2D eigenvalue weighted by Gasteiger charge is 1.85. The second-order valence-electron chi connectivity index (χ2n) is 2.42. The van der Waals surface area contributed by atoms with E-state index in [4.69, 9.17) is 0 Å². The summed E-state index contributed by atoms with van der Waals surface area (Å²) in [6.07, 6.45) is 1.77. The average molecular weight is 242 g/mol. The molecule has 4 nitrogen and oxygen atoms in total. The van der Waals surface area contributed by atoms with Gasteiger partial charge in [-0.1, -0.05) is 18.2 Å². The summed E-state index contributed by atoms with van der Waals surface area (Å²) in [6.45, 7) is 0. The first kappa shape index (κ1) is 11.7. The van der Waals surface area contributed by atoms with E-state index < -0.39 is 10.9 Å². The van der Waals surface area contributed by atoms with Crippen molar-refractivity contribution < 1.29 is 8.42 Å². The molecule has 80 valence electrons. The van der Waals surface area contributed by atoms with Gasteiger partial charge in [0.25, 0.3) is 0 Å². The van der Waals surface area contributed by atoms with Crippen LogP contribution < -0.4 is 4.72 Å². The first-order valence-corrected chi connectivity index (χ1v) is 6.11. The lowest BCUT2D eigenvalue weighted by Crippen LogP contribution is -1.93. The van der Waals surface area contributed by atoms with Crippen molar-refractivity contribution in [2.75, 3.05) is 4.72 Å². The van der Waals surface area contributed by atoms with Gasteiger partial charge in [-0.2, -0.15) is 0 Å². The fraction of sp³-hybridized carbons (Fsp3) is 0. The van der Waals surface area contributed by atoms with Crippen molar-refractivity contribution in [2.45, 2.75) is 0 Å². The average Bonchev–Trinajstić information content (AvgIpc) is 2.76. The molecule has 0 spiro atoms. The Kier molecular flexibility index (Phi) is 5.42. The molecule has 0 saturated carbocycles. The molecular formula is C9H10N2O2S2. The Morgan fingerprint density at radius 3 is 2.27 bits per heavy atom. The van der Waals surface area contributed by atoms with Crippen LogP contribution in [0.3, 0.4) is 0 Å². The second-order valence-corrected chi connectivity index (χ2v) is 3.85. The van der Waals surface area contributed by atoms with E-state index in [1.807, 2.05) is 17.5 Å². The molecule has 2 rings (SSSR count). The van der Waals surface area contributed by atoms with Crippen molar-refractivity contribution in [3.63, 3.8) is 0 Å². The maximum absolute atomic E-state index is 10.1. The molecule has 6 heteroatoms. The summed E-state index contributed by atoms with van der Waals surface area (Å²) in [4.78, 5) is 0. The number of aromatic nitrogens is 1. The Labute approximate surface area is 93.8 Å². The Morgan fingerprint density at radius 2 is 1.87 bits per heavy atom. The van der Waals surface area contributed by atoms with Crippen molar-refractivity contribution in [1.82, 2.24) is 4.37 Å². The monoisotopic (exact) mass is 242 g/mol. The minimum atomic E-state index is -2.53. The number of anilines is 1. The van der Waals surface area contributed by atoms with E-state index in [0.717, 1.165) is 0 Å². The van der Waals surface area contributed by atoms with Crippen LogP contribution in [0.15, 0.2) is 48.0 Å². The van der Waals surface area contributed by atoms with Gasteiger partial charge in [0, 0.05) is 17.3 Å². The quantitative estimate of drug-likeness (QED) is 0.789. The summed E-state index contributed by atoms with van der Waals surface area (Å²) in [7, 11) is -2.53. The fourth-order valence-corrected chi connectivity index (χ4v) is 1.51. The molecule has 1 heterocycles. The van der Waals surface area contributed by atoms with Gasteiger partial charge in [-0.05, 0) is 29.7 Å². The minimum Gasteiger partial charge on any atom is -0.286 e. The molecular weight excluding hydrogens is 232 g/mol. The molecule has 0 amide bonds. The molecule has 1 N–H and O–H groups in total. The summed E-state index contributed by atoms with van der Waals surface area (Å²) < 4.78 is 26.2. The largest absolute Gasteiger partial charge is 0.286 e. The number of para-hydroxylation sites is 1. The lowest BCUT2D eigenvalue weighted by molar-refractivity contribution is 0.619. The highest BCUT2D eigenvalue weighted by atomic mass is 32.2. The zero-order valence-corrected chi connectivity index (χ0v) is 9.45. The first-order valence-electron chi connectivity index (χ1n) is 4.09. The zero-order chi connectivity index (χ0) is 10.9. The molecule has 2 aromatic rings. The first-order chi connectivity index (χ1) is 7.29. The molecule has 0 aliphatic carbocycles. The lowest BCUT2D eigenvalue weighted by atomic mass is 10.3. The number of thiol groups is 1. The molecule has 0 saturated heterocycles. The SMILES string of the molecule is O=[SH](=O)Nc1ccccc1.c1cnsc1. The lowest BCUT2D eigenvalue weighted by Gasteiger charge is -1.94. The van der Waals surface area contributed by atoms with Crippen LogP contribution in [0.1, 0.15) is 0 Å². The van der Waals surface area contributed by atoms with E-state index in [9.17, 15) is 8.42 Å². The molecule has 1 aromatic heterocycles. The molecule has 1 aromatic carbocycles. The number of benzene rings is 1. The van der Waals surface area contributed by atoms with E-state index in [1.54, 1.807) is 30.5 Å². The number of nitrogens with one attached hydrogen (secondary N) is 1. The van der Waals surface area contributed by atoms with Crippen molar-refractivity contribution in [3.05, 3.63) is 48.0 Å². The Bertz CT molecular complexity index is 401. The minimum absolute atomic E-state index is 0.596. The second kappa shape index (κ2) is 6.97. The number of hydrogen-bond donors (Lipinski definition) is 2. The summed E-state index contributed by atoms with van der Waals surface area (Å²) in [5.74, 6) is 0. The molecule has 15 heavy (non-hydrogen) atoms. The predicted molar refractivity (Wildman–Crippen MR) is 62.5 cm³/mol. The van der Waals surface area contributed by atoms with Crippen LogP contribution in [0.25, 0.3) is 0 Å². The maximum Gasteiger partial charge on any atom is 0.222 e. The molecule has 0 radical (unpaired) electrons. The third-order valence-corrected chi connectivity index (χ3v) is 2.30. The van der Waals surface area contributed by atoms with E-state index in [2.05, 4.69) is 9.10 Å². The van der Waals surface area contributed by atoms with Crippen LogP contribution >= 0.6 is 11.5 Å². The van der Waals surface area contributed by atoms with Crippen LogP contribution in [0.5, 0.6) is 0 Å². The number of hydrogen-bond acceptors (Lipinski definition) is 4. The van der Waals surface area contributed by atoms with Gasteiger partial charge in [0.05, 0.1) is 0 Å². The topological polar surface area (TPSA) is 59.1 Å². The van der Waals surface area contributed by atoms with Crippen LogP contribution in [0, 0.1) is 0 Å². The third-order valence-electron chi connectivity index (χ3n) is 1.34. The van der Waals surface area contributed by atoms with E-state index in [1.165, 1.54) is 11.5 Å². The van der Waals surface area contributed by atoms with Crippen LogP contribution in [-0.2, 0) is 10.9 Å². The smallest absolute Gasteiger partial charge is 0.222 e. The van der Waals surface area contributed by atoms with Crippen LogP contribution in [0.2, 0.25) is 0 Å². The summed E-state index contributed by atoms with van der Waals surface area (Å²) in [6, 6.07) is 10.6. The van der Waals surface area contributed by atoms with E-state index in [0.29, 0.717) is 5.69 Å². The fourth-order valence-electron chi connectivity index (χ4n) is 0.794. The standard InChI is InChI=1S/C6H7NO2S.C3H3NS/c8-10(9)7-6-4-2-1-3-5-6;1-2-4-5-3-1/h1-5,10H,(H,7,8,9);1-3H. The van der Waals surface area contributed by atoms with Gasteiger partial charge in [0.2, 0.25) is 10.9 Å². The molecule has 0 atom stereocenters. The zero-order valence-electron chi connectivity index (χ0n) is 7.74. The highest BCUT2D eigenvalue weighted by Crippen LogP contribution is 2.03.